The van der Waals surface area contributed by atoms with Gasteiger partial charge in [0.1, 0.15) is 5.56 Å². The molecule has 3 aromatic carbocycles. The van der Waals surface area contributed by atoms with Crippen LogP contribution in [0.2, 0.25) is 0 Å². The highest BCUT2D eigenvalue weighted by Gasteiger charge is 2.17. The molecular weight excluding hydrogens is 442 g/mol. The summed E-state index contributed by atoms with van der Waals surface area (Å²) in [5.41, 5.74) is 1.65. The number of fused-ring (bicyclic) bond motifs is 1. The number of anilines is 1. The molecule has 0 unspecified atom stereocenters. The van der Waals surface area contributed by atoms with Gasteiger partial charge in [0.15, 0.2) is 11.3 Å². The van der Waals surface area contributed by atoms with Crippen molar-refractivity contribution in [2.75, 3.05) is 12.4 Å². The minimum atomic E-state index is -3.98. The van der Waals surface area contributed by atoms with Gasteiger partial charge in [-0.15, -0.1) is 5.10 Å². The van der Waals surface area contributed by atoms with Crippen LogP contribution in [0.25, 0.3) is 11.0 Å². The summed E-state index contributed by atoms with van der Waals surface area (Å²) in [5.74, 6) is -0.0869. The molecule has 4 aromatic rings. The highest BCUT2D eigenvalue weighted by Crippen LogP contribution is 2.25. The lowest BCUT2D eigenvalue weighted by atomic mass is 10.1. The number of carbonyl (C=O) groups excluding carboxylic acids is 1. The van der Waals surface area contributed by atoms with Crippen LogP contribution in [0.15, 0.2) is 93.3 Å². The zero-order valence-corrected chi connectivity index (χ0v) is 18.7. The molecule has 0 bridgehead atoms. The maximum absolute atomic E-state index is 13.1. The van der Waals surface area contributed by atoms with Crippen molar-refractivity contribution in [3.05, 3.63) is 95.5 Å². The smallest absolute Gasteiger partial charge is 0.276 e. The fourth-order valence-electron chi connectivity index (χ4n) is 3.19. The number of nitrogens with one attached hydrogen (secondary N) is 2. The maximum Gasteiger partial charge on any atom is 0.276 e. The second-order valence-electron chi connectivity index (χ2n) is 7.13. The fourth-order valence-corrected chi connectivity index (χ4v) is 4.01. The molecule has 8 nitrogen and oxygen atoms in total. The Hall–Kier alpha value is -4.11. The van der Waals surface area contributed by atoms with Crippen molar-refractivity contribution in [3.8, 4) is 5.75 Å². The molecule has 2 N–H and O–H groups in total. The number of methoxy groups -OCH3 is 1. The molecule has 0 saturated carbocycles. The van der Waals surface area contributed by atoms with Crippen molar-refractivity contribution < 1.29 is 22.4 Å². The van der Waals surface area contributed by atoms with Gasteiger partial charge in [0.05, 0.1) is 12.0 Å². The zero-order valence-electron chi connectivity index (χ0n) is 17.9. The highest BCUT2D eigenvalue weighted by molar-refractivity contribution is 7.89. The van der Waals surface area contributed by atoms with Gasteiger partial charge in [-0.1, -0.05) is 48.5 Å². The number of amides is 1. The van der Waals surface area contributed by atoms with Gasteiger partial charge in [0.25, 0.3) is 15.9 Å². The highest BCUT2D eigenvalue weighted by atomic mass is 32.2. The lowest BCUT2D eigenvalue weighted by Crippen LogP contribution is -2.27. The topological polar surface area (TPSA) is 110 Å². The first kappa shape index (κ1) is 22.1. The second-order valence-corrected chi connectivity index (χ2v) is 8.79. The number of ether oxygens (including phenoxy) is 1. The summed E-state index contributed by atoms with van der Waals surface area (Å²) in [4.78, 5) is 15.3. The van der Waals surface area contributed by atoms with Gasteiger partial charge < -0.3 is 14.5 Å². The third-order valence-electron chi connectivity index (χ3n) is 4.92. The van der Waals surface area contributed by atoms with Crippen LogP contribution >= 0.6 is 0 Å². The zero-order chi connectivity index (χ0) is 23.4. The summed E-state index contributed by atoms with van der Waals surface area (Å²) in [6.45, 7) is 1.87. The Morgan fingerprint density at radius 2 is 1.70 bits per heavy atom. The molecule has 1 aromatic heterocycles. The lowest BCUT2D eigenvalue weighted by Gasteiger charge is -2.10. The number of aryl methyl sites for hydroxylation is 1. The molecule has 4 rings (SSSR count). The van der Waals surface area contributed by atoms with Crippen LogP contribution in [0.4, 0.5) is 5.69 Å². The monoisotopic (exact) mass is 463 g/mol. The van der Waals surface area contributed by atoms with Crippen LogP contribution in [0, 0.1) is 6.92 Å². The second kappa shape index (κ2) is 9.17. The van der Waals surface area contributed by atoms with Crippen LogP contribution in [0.5, 0.6) is 5.75 Å². The van der Waals surface area contributed by atoms with Crippen LogP contribution in [0.1, 0.15) is 15.9 Å². The molecule has 9 heteroatoms. The molecule has 0 aliphatic carbocycles. The summed E-state index contributed by atoms with van der Waals surface area (Å²) in [5, 5.41) is 7.36. The lowest BCUT2D eigenvalue weighted by molar-refractivity contribution is 0.102. The van der Waals surface area contributed by atoms with Crippen molar-refractivity contribution in [3.63, 3.8) is 0 Å². The van der Waals surface area contributed by atoms with E-state index < -0.39 is 15.9 Å². The summed E-state index contributed by atoms with van der Waals surface area (Å²) in [6.07, 6.45) is 0. The van der Waals surface area contributed by atoms with E-state index in [1.165, 1.54) is 19.2 Å². The number of sulfonamides is 1. The SMILES string of the molecule is COc1cccc2cc(C(=O)Nc3ccccc3C)/c(=N\NS(=O)(=O)c3ccccc3)oc12. The molecule has 0 aliphatic rings. The first-order valence-electron chi connectivity index (χ1n) is 9.97. The van der Waals surface area contributed by atoms with Crippen molar-refractivity contribution >= 4 is 32.6 Å². The minimum absolute atomic E-state index is 0.0260. The van der Waals surface area contributed by atoms with Gasteiger partial charge in [-0.05, 0) is 42.8 Å². The Morgan fingerprint density at radius 1 is 0.970 bits per heavy atom. The summed E-state index contributed by atoms with van der Waals surface area (Å²) >= 11 is 0. The van der Waals surface area contributed by atoms with E-state index in [0.717, 1.165) is 5.56 Å². The number of hydrogen-bond acceptors (Lipinski definition) is 6. The predicted octanol–water partition coefficient (Wildman–Crippen LogP) is 3.80. The van der Waals surface area contributed by atoms with Crippen LogP contribution in [0.3, 0.4) is 0 Å². The van der Waals surface area contributed by atoms with E-state index >= 15 is 0 Å². The Bertz CT molecular complexity index is 1500. The summed E-state index contributed by atoms with van der Waals surface area (Å²) < 4.78 is 36.5. The third-order valence-corrected chi connectivity index (χ3v) is 6.14. The molecule has 0 saturated heterocycles. The van der Waals surface area contributed by atoms with E-state index in [0.29, 0.717) is 22.4 Å². The van der Waals surface area contributed by atoms with Crippen molar-refractivity contribution in [1.29, 1.82) is 0 Å². The number of para-hydroxylation sites is 2. The first-order valence-corrected chi connectivity index (χ1v) is 11.5. The van der Waals surface area contributed by atoms with Crippen molar-refractivity contribution in [1.82, 2.24) is 4.83 Å². The molecule has 168 valence electrons. The van der Waals surface area contributed by atoms with E-state index in [-0.39, 0.29) is 16.0 Å². The van der Waals surface area contributed by atoms with E-state index in [2.05, 4.69) is 15.2 Å². The molecule has 0 aliphatic heterocycles. The third kappa shape index (κ3) is 4.73. The van der Waals surface area contributed by atoms with E-state index in [1.54, 1.807) is 54.6 Å². The van der Waals surface area contributed by atoms with Gasteiger partial charge in [-0.2, -0.15) is 13.2 Å². The Kier molecular flexibility index (Phi) is 6.14. The van der Waals surface area contributed by atoms with Crippen molar-refractivity contribution in [2.24, 2.45) is 5.10 Å². The van der Waals surface area contributed by atoms with E-state index in [4.69, 9.17) is 9.15 Å². The molecule has 1 amide bonds. The van der Waals surface area contributed by atoms with Crippen molar-refractivity contribution in [2.45, 2.75) is 11.8 Å². The molecule has 0 spiro atoms. The maximum atomic E-state index is 13.1. The average Bonchev–Trinajstić information content (AvgIpc) is 2.83. The Morgan fingerprint density at radius 3 is 2.42 bits per heavy atom. The quantitative estimate of drug-likeness (QED) is 0.423. The van der Waals surface area contributed by atoms with E-state index in [1.807, 2.05) is 19.1 Å². The number of benzene rings is 3. The average molecular weight is 464 g/mol. The molecule has 1 heterocycles. The van der Waals surface area contributed by atoms with Gasteiger partial charge in [-0.25, -0.2) is 0 Å². The van der Waals surface area contributed by atoms with Crippen LogP contribution in [-0.4, -0.2) is 21.4 Å². The Balaban J connectivity index is 1.83. The predicted molar refractivity (Wildman–Crippen MR) is 124 cm³/mol. The molecule has 0 fully saturated rings. The van der Waals surface area contributed by atoms with Gasteiger partial charge in [0, 0.05) is 11.1 Å². The Labute approximate surface area is 190 Å². The fraction of sp³-hybridized carbons (Fsp3) is 0.0833. The molecule has 33 heavy (non-hydrogen) atoms. The number of carbonyl (C=O) groups is 1. The van der Waals surface area contributed by atoms with Crippen LogP contribution < -0.4 is 20.4 Å². The minimum Gasteiger partial charge on any atom is -0.493 e. The number of rotatable bonds is 6. The van der Waals surface area contributed by atoms with Crippen LogP contribution in [-0.2, 0) is 10.0 Å². The first-order chi connectivity index (χ1) is 15.9. The standard InChI is InChI=1S/C24H21N3O5S/c1-16-9-6-7-13-20(16)25-23(28)19-15-17-10-8-14-21(31-2)22(17)32-24(19)26-27-33(29,30)18-11-4-3-5-12-18/h3-15,27H,1-2H3,(H,25,28)/b26-24+. The van der Waals surface area contributed by atoms with Gasteiger partial charge in [-0.3, -0.25) is 4.79 Å². The van der Waals surface area contributed by atoms with Gasteiger partial charge >= 0.3 is 0 Å². The summed E-state index contributed by atoms with van der Waals surface area (Å²) in [7, 11) is -2.49. The molecule has 0 radical (unpaired) electrons. The van der Waals surface area contributed by atoms with Gasteiger partial charge in [0.2, 0.25) is 5.55 Å². The molecular formula is C24H21N3O5S. The largest absolute Gasteiger partial charge is 0.493 e. The summed E-state index contributed by atoms with van der Waals surface area (Å²) in [6, 6.07) is 21.8. The number of nitrogens with zero attached hydrogens (tertiary/aromatic N) is 1. The normalized spacial score (nSPS) is 11.9. The van der Waals surface area contributed by atoms with E-state index in [9.17, 15) is 13.2 Å². The molecule has 0 atom stereocenters. The number of hydrogen-bond donors (Lipinski definition) is 2.